The first-order valence-electron chi connectivity index (χ1n) is 5.99. The van der Waals surface area contributed by atoms with Crippen molar-refractivity contribution in [3.63, 3.8) is 0 Å². The molecule has 0 aliphatic rings. The van der Waals surface area contributed by atoms with Crippen molar-refractivity contribution in [2.45, 2.75) is 45.6 Å². The molecule has 0 radical (unpaired) electrons. The molecule has 1 heterocycles. The van der Waals surface area contributed by atoms with Gasteiger partial charge in [-0.05, 0) is 12.3 Å². The van der Waals surface area contributed by atoms with Crippen LogP contribution in [0.5, 0.6) is 0 Å². The van der Waals surface area contributed by atoms with Gasteiger partial charge in [0.1, 0.15) is 0 Å². The van der Waals surface area contributed by atoms with E-state index in [0.29, 0.717) is 6.61 Å². The first-order chi connectivity index (χ1) is 7.86. The Balaban J connectivity index is 2.69. The van der Waals surface area contributed by atoms with Crippen LogP contribution in [0.25, 0.3) is 0 Å². The minimum atomic E-state index is -0.488. The summed E-state index contributed by atoms with van der Waals surface area (Å²) in [6, 6.07) is 0. The molecule has 1 rings (SSSR count). The van der Waals surface area contributed by atoms with Crippen molar-refractivity contribution in [1.29, 1.82) is 0 Å². The van der Waals surface area contributed by atoms with Crippen LogP contribution in [0.4, 0.5) is 0 Å². The fourth-order valence-electron chi connectivity index (χ4n) is 1.52. The summed E-state index contributed by atoms with van der Waals surface area (Å²) in [4.78, 5) is 4.54. The van der Waals surface area contributed by atoms with Gasteiger partial charge in [-0.15, -0.1) is 11.3 Å². The van der Waals surface area contributed by atoms with Gasteiger partial charge in [0, 0.05) is 24.5 Å². The van der Waals surface area contributed by atoms with Crippen molar-refractivity contribution in [2.75, 3.05) is 13.7 Å². The largest absolute Gasteiger partial charge is 0.386 e. The highest BCUT2D eigenvalue weighted by Gasteiger charge is 2.23. The second-order valence-corrected chi connectivity index (χ2v) is 6.39. The van der Waals surface area contributed by atoms with Crippen molar-refractivity contribution < 1.29 is 9.84 Å². The highest BCUT2D eigenvalue weighted by Crippen LogP contribution is 2.30. The molecule has 0 saturated heterocycles. The van der Waals surface area contributed by atoms with E-state index in [2.05, 4.69) is 25.8 Å². The molecule has 1 N–H and O–H groups in total. The molecule has 0 bridgehead atoms. The standard InChI is InChI=1S/C13H23NO2S/c1-9(6-7-16-5)11(15)10-8-17-12(14-10)13(2,3)4/h8-9,11,15H,6-7H2,1-5H3. The van der Waals surface area contributed by atoms with Gasteiger partial charge in [-0.3, -0.25) is 0 Å². The fraction of sp³-hybridized carbons (Fsp3) is 0.769. The maximum atomic E-state index is 10.2. The second-order valence-electron chi connectivity index (χ2n) is 5.53. The van der Waals surface area contributed by atoms with E-state index < -0.39 is 6.10 Å². The number of thiazole rings is 1. The van der Waals surface area contributed by atoms with Crippen LogP contribution < -0.4 is 0 Å². The van der Waals surface area contributed by atoms with Crippen molar-refractivity contribution in [2.24, 2.45) is 5.92 Å². The molecule has 0 spiro atoms. The molecule has 2 unspecified atom stereocenters. The molecule has 0 aliphatic heterocycles. The van der Waals surface area contributed by atoms with Crippen LogP contribution in [0.2, 0.25) is 0 Å². The number of methoxy groups -OCH3 is 1. The van der Waals surface area contributed by atoms with Gasteiger partial charge in [-0.2, -0.15) is 0 Å². The van der Waals surface area contributed by atoms with Crippen LogP contribution in [-0.4, -0.2) is 23.8 Å². The van der Waals surface area contributed by atoms with Crippen molar-refractivity contribution in [3.8, 4) is 0 Å². The van der Waals surface area contributed by atoms with E-state index in [4.69, 9.17) is 4.74 Å². The van der Waals surface area contributed by atoms with Crippen molar-refractivity contribution in [3.05, 3.63) is 16.1 Å². The summed E-state index contributed by atoms with van der Waals surface area (Å²) in [5.74, 6) is 0.171. The summed E-state index contributed by atoms with van der Waals surface area (Å²) in [5.41, 5.74) is 0.849. The lowest BCUT2D eigenvalue weighted by atomic mass is 9.97. The molecular formula is C13H23NO2S. The first-order valence-corrected chi connectivity index (χ1v) is 6.87. The molecule has 17 heavy (non-hydrogen) atoms. The average molecular weight is 257 g/mol. The summed E-state index contributed by atoms with van der Waals surface area (Å²) in [7, 11) is 1.68. The predicted molar refractivity (Wildman–Crippen MR) is 71.4 cm³/mol. The Kier molecular flexibility index (Phi) is 5.10. The molecule has 0 aromatic carbocycles. The highest BCUT2D eigenvalue weighted by molar-refractivity contribution is 7.09. The monoisotopic (exact) mass is 257 g/mol. The summed E-state index contributed by atoms with van der Waals surface area (Å²) in [6.07, 6.45) is 0.359. The third-order valence-corrected chi connectivity index (χ3v) is 4.07. The van der Waals surface area contributed by atoms with E-state index in [1.807, 2.05) is 12.3 Å². The van der Waals surface area contributed by atoms with Gasteiger partial charge in [0.2, 0.25) is 0 Å². The summed E-state index contributed by atoms with van der Waals surface area (Å²) < 4.78 is 5.03. The Labute approximate surface area is 108 Å². The SMILES string of the molecule is COCCC(C)C(O)c1csc(C(C)(C)C)n1. The lowest BCUT2D eigenvalue weighted by Gasteiger charge is -2.17. The highest BCUT2D eigenvalue weighted by atomic mass is 32.1. The Bertz CT molecular complexity index is 343. The molecule has 3 nitrogen and oxygen atoms in total. The fourth-order valence-corrected chi connectivity index (χ4v) is 2.46. The zero-order valence-corrected chi connectivity index (χ0v) is 12.2. The molecule has 4 heteroatoms. The van der Waals surface area contributed by atoms with Crippen LogP contribution in [-0.2, 0) is 10.2 Å². The van der Waals surface area contributed by atoms with E-state index in [-0.39, 0.29) is 11.3 Å². The smallest absolute Gasteiger partial charge is 0.0994 e. The summed E-state index contributed by atoms with van der Waals surface area (Å²) in [5, 5.41) is 13.2. The van der Waals surface area contributed by atoms with E-state index in [1.165, 1.54) is 0 Å². The molecule has 98 valence electrons. The van der Waals surface area contributed by atoms with Gasteiger partial charge < -0.3 is 9.84 Å². The Morgan fingerprint density at radius 1 is 1.47 bits per heavy atom. The van der Waals surface area contributed by atoms with Crippen LogP contribution in [0, 0.1) is 5.92 Å². The Morgan fingerprint density at radius 3 is 2.59 bits per heavy atom. The lowest BCUT2D eigenvalue weighted by molar-refractivity contribution is 0.0857. The number of ether oxygens (including phenoxy) is 1. The van der Waals surface area contributed by atoms with E-state index >= 15 is 0 Å². The van der Waals surface area contributed by atoms with Crippen LogP contribution in [0.15, 0.2) is 5.38 Å². The molecule has 0 aliphatic carbocycles. The maximum absolute atomic E-state index is 10.2. The zero-order valence-electron chi connectivity index (χ0n) is 11.4. The van der Waals surface area contributed by atoms with Gasteiger partial charge in [-0.25, -0.2) is 4.98 Å². The number of aromatic nitrogens is 1. The number of rotatable bonds is 5. The van der Waals surface area contributed by atoms with Crippen molar-refractivity contribution in [1.82, 2.24) is 4.98 Å². The van der Waals surface area contributed by atoms with E-state index in [1.54, 1.807) is 18.4 Å². The second kappa shape index (κ2) is 5.94. The van der Waals surface area contributed by atoms with E-state index in [9.17, 15) is 5.11 Å². The van der Waals surface area contributed by atoms with Crippen LogP contribution in [0.1, 0.15) is 50.9 Å². The van der Waals surface area contributed by atoms with Gasteiger partial charge in [0.05, 0.1) is 16.8 Å². The zero-order chi connectivity index (χ0) is 13.1. The number of aliphatic hydroxyl groups is 1. The molecular weight excluding hydrogens is 234 g/mol. The molecule has 1 aromatic heterocycles. The maximum Gasteiger partial charge on any atom is 0.0994 e. The molecule has 0 saturated carbocycles. The first kappa shape index (κ1) is 14.6. The topological polar surface area (TPSA) is 42.4 Å². The minimum Gasteiger partial charge on any atom is -0.386 e. The molecule has 0 amide bonds. The number of aliphatic hydroxyl groups excluding tert-OH is 1. The van der Waals surface area contributed by atoms with Gasteiger partial charge in [-0.1, -0.05) is 27.7 Å². The van der Waals surface area contributed by atoms with Crippen LogP contribution >= 0.6 is 11.3 Å². The molecule has 1 aromatic rings. The average Bonchev–Trinajstić information content (AvgIpc) is 2.73. The quantitative estimate of drug-likeness (QED) is 0.881. The molecule has 2 atom stereocenters. The van der Waals surface area contributed by atoms with Gasteiger partial charge in [0.25, 0.3) is 0 Å². The van der Waals surface area contributed by atoms with Gasteiger partial charge >= 0.3 is 0 Å². The lowest BCUT2D eigenvalue weighted by Crippen LogP contribution is -2.14. The normalized spacial score (nSPS) is 15.9. The number of hydrogen-bond donors (Lipinski definition) is 1. The summed E-state index contributed by atoms with van der Waals surface area (Å²) in [6.45, 7) is 9.11. The minimum absolute atomic E-state index is 0.0540. The third-order valence-electron chi connectivity index (χ3n) is 2.78. The Morgan fingerprint density at radius 2 is 2.12 bits per heavy atom. The predicted octanol–water partition coefficient (Wildman–Crippen LogP) is 3.15. The van der Waals surface area contributed by atoms with Gasteiger partial charge in [0.15, 0.2) is 0 Å². The third kappa shape index (κ3) is 4.05. The van der Waals surface area contributed by atoms with Crippen molar-refractivity contribution >= 4 is 11.3 Å². The molecule has 0 fully saturated rings. The number of hydrogen-bond acceptors (Lipinski definition) is 4. The number of nitrogens with zero attached hydrogens (tertiary/aromatic N) is 1. The Hall–Kier alpha value is -0.450. The summed E-state index contributed by atoms with van der Waals surface area (Å²) >= 11 is 1.62. The van der Waals surface area contributed by atoms with Crippen LogP contribution in [0.3, 0.4) is 0 Å². The van der Waals surface area contributed by atoms with E-state index in [0.717, 1.165) is 17.1 Å².